The molecule has 0 aliphatic heterocycles. The Kier molecular flexibility index (Phi) is 46.6. The Morgan fingerprint density at radius 3 is 1.28 bits per heavy atom. The monoisotopic (exact) mass is 912 g/mol. The highest BCUT2D eigenvalue weighted by Gasteiger charge is 2.26. The van der Waals surface area contributed by atoms with E-state index >= 15 is 0 Å². The molecular formula is C54H90NO8P. The minimum absolute atomic E-state index is 0.0427. The number of esters is 2. The second-order valence-corrected chi connectivity index (χ2v) is 17.4. The van der Waals surface area contributed by atoms with E-state index in [4.69, 9.17) is 24.3 Å². The Labute approximate surface area is 390 Å². The van der Waals surface area contributed by atoms with Gasteiger partial charge in [0.05, 0.1) is 13.2 Å². The number of unbranched alkanes of at least 4 members (excludes halogenated alkanes) is 14. The van der Waals surface area contributed by atoms with E-state index in [9.17, 15) is 19.0 Å². The van der Waals surface area contributed by atoms with E-state index in [1.165, 1.54) is 57.8 Å². The van der Waals surface area contributed by atoms with E-state index in [1.54, 1.807) is 0 Å². The van der Waals surface area contributed by atoms with Crippen molar-refractivity contribution in [2.75, 3.05) is 26.4 Å². The van der Waals surface area contributed by atoms with Crippen molar-refractivity contribution in [1.82, 2.24) is 0 Å². The molecule has 0 spiro atoms. The normalized spacial score (nSPS) is 14.1. The summed E-state index contributed by atoms with van der Waals surface area (Å²) in [5.74, 6) is -0.874. The van der Waals surface area contributed by atoms with Gasteiger partial charge in [0.2, 0.25) is 0 Å². The fourth-order valence-corrected chi connectivity index (χ4v) is 7.04. The molecule has 0 aromatic heterocycles. The lowest BCUT2D eigenvalue weighted by atomic mass is 10.0. The zero-order chi connectivity index (χ0) is 46.7. The number of ether oxygens (including phenoxy) is 2. The number of hydrogen-bond donors (Lipinski definition) is 2. The van der Waals surface area contributed by atoms with Gasteiger partial charge in [-0.3, -0.25) is 18.6 Å². The molecular weight excluding hydrogens is 822 g/mol. The van der Waals surface area contributed by atoms with Crippen LogP contribution >= 0.6 is 7.82 Å². The summed E-state index contributed by atoms with van der Waals surface area (Å²) in [4.78, 5) is 34.9. The van der Waals surface area contributed by atoms with E-state index in [0.29, 0.717) is 6.42 Å². The SMILES string of the molecule is CC/C=C\C/C=C\C/C=C\C/C=C\C/C=C\C/C=C\C/C=C\C/C=C\C/C=C\CCCCCC(=O)OC(COC(=O)CCCCCCCCCCCCCC)COP(=O)(O)OCCN. The third-order valence-electron chi connectivity index (χ3n) is 9.92. The Morgan fingerprint density at radius 1 is 0.484 bits per heavy atom. The summed E-state index contributed by atoms with van der Waals surface area (Å²) in [5, 5.41) is 0. The molecule has 0 rings (SSSR count). The molecule has 0 fully saturated rings. The summed E-state index contributed by atoms with van der Waals surface area (Å²) in [6.45, 7) is 3.56. The van der Waals surface area contributed by atoms with Gasteiger partial charge in [0.15, 0.2) is 6.10 Å². The molecule has 2 unspecified atom stereocenters. The van der Waals surface area contributed by atoms with Gasteiger partial charge in [-0.05, 0) is 83.5 Å². The van der Waals surface area contributed by atoms with Crippen molar-refractivity contribution in [3.8, 4) is 0 Å². The third kappa shape index (κ3) is 48.1. The Bertz CT molecular complexity index is 1410. The fraction of sp³-hybridized carbons (Fsp3) is 0.630. The largest absolute Gasteiger partial charge is 0.472 e. The van der Waals surface area contributed by atoms with Crippen molar-refractivity contribution in [1.29, 1.82) is 0 Å². The van der Waals surface area contributed by atoms with Gasteiger partial charge < -0.3 is 20.1 Å². The first kappa shape index (κ1) is 60.7. The summed E-state index contributed by atoms with van der Waals surface area (Å²) in [7, 11) is -4.39. The topological polar surface area (TPSA) is 134 Å². The maximum atomic E-state index is 12.6. The van der Waals surface area contributed by atoms with Crippen molar-refractivity contribution in [2.45, 2.75) is 193 Å². The molecule has 0 saturated carbocycles. The van der Waals surface area contributed by atoms with Gasteiger partial charge in [-0.15, -0.1) is 0 Å². The molecule has 0 heterocycles. The van der Waals surface area contributed by atoms with Gasteiger partial charge in [-0.25, -0.2) is 4.57 Å². The second-order valence-electron chi connectivity index (χ2n) is 16.0. The number of phosphoric acid groups is 1. The fourth-order valence-electron chi connectivity index (χ4n) is 6.27. The highest BCUT2D eigenvalue weighted by molar-refractivity contribution is 7.47. The molecule has 0 aliphatic rings. The minimum Gasteiger partial charge on any atom is -0.462 e. The molecule has 364 valence electrons. The van der Waals surface area contributed by atoms with E-state index < -0.39 is 32.5 Å². The Hall–Kier alpha value is -3.33. The van der Waals surface area contributed by atoms with Crippen LogP contribution in [0.4, 0.5) is 0 Å². The number of nitrogens with two attached hydrogens (primary N) is 1. The molecule has 10 heteroatoms. The summed E-state index contributed by atoms with van der Waals surface area (Å²) in [5.41, 5.74) is 5.35. The minimum atomic E-state index is -4.39. The van der Waals surface area contributed by atoms with Crippen molar-refractivity contribution in [3.05, 3.63) is 109 Å². The number of hydrogen-bond acceptors (Lipinski definition) is 8. The lowest BCUT2D eigenvalue weighted by Gasteiger charge is -2.19. The Balaban J connectivity index is 4.14. The summed E-state index contributed by atoms with van der Waals surface area (Å²) in [6.07, 6.45) is 65.6. The second kappa shape index (κ2) is 49.1. The molecule has 0 amide bonds. The molecule has 0 radical (unpaired) electrons. The van der Waals surface area contributed by atoms with Crippen LogP contribution in [0.25, 0.3) is 0 Å². The summed E-state index contributed by atoms with van der Waals surface area (Å²) >= 11 is 0. The number of allylic oxidation sites excluding steroid dienone is 18. The average molecular weight is 912 g/mol. The van der Waals surface area contributed by atoms with Crippen LogP contribution in [0.2, 0.25) is 0 Å². The van der Waals surface area contributed by atoms with Gasteiger partial charge in [0.25, 0.3) is 0 Å². The summed E-state index contributed by atoms with van der Waals surface area (Å²) < 4.78 is 32.8. The van der Waals surface area contributed by atoms with Crippen LogP contribution in [0.15, 0.2) is 109 Å². The van der Waals surface area contributed by atoms with Crippen LogP contribution in [-0.2, 0) is 32.7 Å². The van der Waals surface area contributed by atoms with E-state index in [-0.39, 0.29) is 32.6 Å². The maximum Gasteiger partial charge on any atom is 0.472 e. The highest BCUT2D eigenvalue weighted by atomic mass is 31.2. The van der Waals surface area contributed by atoms with Crippen molar-refractivity contribution in [2.24, 2.45) is 5.73 Å². The summed E-state index contributed by atoms with van der Waals surface area (Å²) in [6, 6.07) is 0. The van der Waals surface area contributed by atoms with E-state index in [0.717, 1.165) is 96.3 Å². The highest BCUT2D eigenvalue weighted by Crippen LogP contribution is 2.43. The van der Waals surface area contributed by atoms with Crippen LogP contribution in [0, 0.1) is 0 Å². The van der Waals surface area contributed by atoms with Crippen LogP contribution in [0.5, 0.6) is 0 Å². The van der Waals surface area contributed by atoms with Crippen LogP contribution < -0.4 is 5.73 Å². The third-order valence-corrected chi connectivity index (χ3v) is 10.9. The number of carbonyl (C=O) groups excluding carboxylic acids is 2. The number of phosphoric ester groups is 1. The van der Waals surface area contributed by atoms with Gasteiger partial charge >= 0.3 is 19.8 Å². The molecule has 9 nitrogen and oxygen atoms in total. The quantitative estimate of drug-likeness (QED) is 0.0265. The van der Waals surface area contributed by atoms with Gasteiger partial charge in [-0.1, -0.05) is 200 Å². The smallest absolute Gasteiger partial charge is 0.462 e. The van der Waals surface area contributed by atoms with Crippen LogP contribution in [0.1, 0.15) is 187 Å². The van der Waals surface area contributed by atoms with Crippen LogP contribution in [-0.4, -0.2) is 49.3 Å². The van der Waals surface area contributed by atoms with E-state index in [2.05, 4.69) is 123 Å². The van der Waals surface area contributed by atoms with Gasteiger partial charge in [0.1, 0.15) is 6.61 Å². The number of carbonyl (C=O) groups is 2. The molecule has 0 aliphatic carbocycles. The maximum absolute atomic E-state index is 12.6. The zero-order valence-corrected chi connectivity index (χ0v) is 41.1. The van der Waals surface area contributed by atoms with Gasteiger partial charge in [-0.2, -0.15) is 0 Å². The molecule has 0 aromatic rings. The number of rotatable bonds is 45. The van der Waals surface area contributed by atoms with E-state index in [1.807, 2.05) is 0 Å². The Morgan fingerprint density at radius 2 is 0.859 bits per heavy atom. The average Bonchev–Trinajstić information content (AvgIpc) is 3.28. The molecule has 0 bridgehead atoms. The first-order valence-electron chi connectivity index (χ1n) is 24.9. The molecule has 2 atom stereocenters. The van der Waals surface area contributed by atoms with Crippen molar-refractivity contribution in [3.63, 3.8) is 0 Å². The molecule has 0 saturated heterocycles. The van der Waals surface area contributed by atoms with Crippen LogP contribution in [0.3, 0.4) is 0 Å². The first-order valence-corrected chi connectivity index (χ1v) is 26.4. The standard InChI is InChI=1S/C54H90NO8P/c1-3-5-7-9-11-13-15-17-18-19-20-21-22-23-24-25-26-27-28-29-30-31-32-33-34-35-37-39-41-43-45-47-54(57)63-52(51-62-64(58,59)61-49-48-55)50-60-53(56)46-44-42-40-38-36-16-14-12-10-8-6-4-2/h5,7,11,13,17-18,20-21,23-24,26-27,29-30,32-33,35,37,52H,3-4,6,8-10,12,14-16,19,22,25,28,31,34,36,38-51,55H2,1-2H3,(H,58,59)/b7-5-,13-11-,18-17-,21-20-,24-23-,27-26-,30-29-,33-32-,37-35-. The zero-order valence-electron chi connectivity index (χ0n) is 40.2. The molecule has 0 aromatic carbocycles. The molecule has 64 heavy (non-hydrogen) atoms. The molecule has 3 N–H and O–H groups in total. The lowest BCUT2D eigenvalue weighted by molar-refractivity contribution is -0.161. The predicted molar refractivity (Wildman–Crippen MR) is 270 cm³/mol. The van der Waals surface area contributed by atoms with Gasteiger partial charge in [0, 0.05) is 19.4 Å². The lowest BCUT2D eigenvalue weighted by Crippen LogP contribution is -2.29. The first-order chi connectivity index (χ1) is 31.3. The predicted octanol–water partition coefficient (Wildman–Crippen LogP) is 15.1. The van der Waals surface area contributed by atoms with Crippen molar-refractivity contribution < 1.29 is 37.6 Å². The van der Waals surface area contributed by atoms with Crippen molar-refractivity contribution >= 4 is 19.8 Å².